The molecule has 0 aromatic heterocycles. The van der Waals surface area contributed by atoms with Gasteiger partial charge in [-0.2, -0.15) is 0 Å². The zero-order chi connectivity index (χ0) is 15.4. The van der Waals surface area contributed by atoms with Crippen molar-refractivity contribution < 1.29 is 4.39 Å². The molecule has 2 aromatic rings. The van der Waals surface area contributed by atoms with E-state index in [0.29, 0.717) is 15.6 Å². The van der Waals surface area contributed by atoms with E-state index in [1.165, 1.54) is 0 Å². The summed E-state index contributed by atoms with van der Waals surface area (Å²) in [5, 5.41) is 4.56. The van der Waals surface area contributed by atoms with Crippen molar-refractivity contribution >= 4 is 23.2 Å². The summed E-state index contributed by atoms with van der Waals surface area (Å²) in [5.74, 6) is -0.223. The Balaban J connectivity index is 2.49. The lowest BCUT2D eigenvalue weighted by atomic mass is 9.97. The molecule has 0 bridgehead atoms. The van der Waals surface area contributed by atoms with Crippen molar-refractivity contribution in [2.45, 2.75) is 26.3 Å². The van der Waals surface area contributed by atoms with E-state index in [2.05, 4.69) is 12.2 Å². The second kappa shape index (κ2) is 7.26. The van der Waals surface area contributed by atoms with Crippen molar-refractivity contribution in [3.8, 4) is 0 Å². The van der Waals surface area contributed by atoms with Crippen LogP contribution in [0.1, 0.15) is 36.1 Å². The minimum absolute atomic E-state index is 0.221. The van der Waals surface area contributed by atoms with Crippen molar-refractivity contribution in [3.05, 3.63) is 69.0 Å². The Morgan fingerprint density at radius 2 is 1.81 bits per heavy atom. The molecule has 2 aromatic carbocycles. The largest absolute Gasteiger partial charge is 0.306 e. The van der Waals surface area contributed by atoms with Crippen molar-refractivity contribution in [3.63, 3.8) is 0 Å². The van der Waals surface area contributed by atoms with Crippen LogP contribution < -0.4 is 5.32 Å². The molecule has 21 heavy (non-hydrogen) atoms. The first kappa shape index (κ1) is 16.3. The Labute approximate surface area is 135 Å². The summed E-state index contributed by atoms with van der Waals surface area (Å²) >= 11 is 12.6. The minimum Gasteiger partial charge on any atom is -0.306 e. The quantitative estimate of drug-likeness (QED) is 0.762. The van der Waals surface area contributed by atoms with Gasteiger partial charge in [-0.05, 0) is 49.2 Å². The van der Waals surface area contributed by atoms with Gasteiger partial charge in [0, 0.05) is 15.6 Å². The maximum absolute atomic E-state index is 13.9. The van der Waals surface area contributed by atoms with Gasteiger partial charge in [0.1, 0.15) is 5.82 Å². The summed E-state index contributed by atoms with van der Waals surface area (Å²) in [4.78, 5) is 0. The molecule has 112 valence electrons. The normalized spacial score (nSPS) is 12.4. The van der Waals surface area contributed by atoms with E-state index in [4.69, 9.17) is 23.2 Å². The molecule has 0 saturated heterocycles. The van der Waals surface area contributed by atoms with Crippen LogP contribution >= 0.6 is 23.2 Å². The first-order chi connectivity index (χ1) is 10.0. The Hall–Kier alpha value is -1.09. The highest BCUT2D eigenvalue weighted by Gasteiger charge is 2.20. The Morgan fingerprint density at radius 3 is 2.38 bits per heavy atom. The van der Waals surface area contributed by atoms with E-state index in [-0.39, 0.29) is 11.9 Å². The van der Waals surface area contributed by atoms with Gasteiger partial charge in [-0.3, -0.25) is 0 Å². The summed E-state index contributed by atoms with van der Waals surface area (Å²) < 4.78 is 13.9. The van der Waals surface area contributed by atoms with Crippen LogP contribution in [0.15, 0.2) is 36.4 Å². The van der Waals surface area contributed by atoms with E-state index in [1.54, 1.807) is 37.3 Å². The molecule has 4 heteroatoms. The molecule has 0 saturated carbocycles. The topological polar surface area (TPSA) is 12.0 Å². The van der Waals surface area contributed by atoms with Gasteiger partial charge in [0.25, 0.3) is 0 Å². The average molecular weight is 326 g/mol. The number of nitrogens with one attached hydrogen (secondary N) is 1. The lowest BCUT2D eigenvalue weighted by molar-refractivity contribution is 0.582. The first-order valence-corrected chi connectivity index (χ1v) is 7.73. The highest BCUT2D eigenvalue weighted by molar-refractivity contribution is 6.36. The van der Waals surface area contributed by atoms with E-state index >= 15 is 0 Å². The third-order valence-corrected chi connectivity index (χ3v) is 4.08. The predicted octanol–water partition coefficient (Wildman–Crippen LogP) is 5.53. The van der Waals surface area contributed by atoms with E-state index < -0.39 is 0 Å². The number of halogens is 3. The summed E-state index contributed by atoms with van der Waals surface area (Å²) in [6, 6.07) is 10.4. The fraction of sp³-hybridized carbons (Fsp3) is 0.294. The maximum atomic E-state index is 13.9. The summed E-state index contributed by atoms with van der Waals surface area (Å²) in [6.07, 6.45) is 0.965. The Morgan fingerprint density at radius 1 is 1.14 bits per heavy atom. The number of hydrogen-bond acceptors (Lipinski definition) is 1. The SMILES string of the molecule is CCCNC(c1ccc(C)c(F)c1)c1c(Cl)cccc1Cl. The molecule has 0 aliphatic carbocycles. The average Bonchev–Trinajstić information content (AvgIpc) is 2.45. The summed E-state index contributed by atoms with van der Waals surface area (Å²) in [5.41, 5.74) is 2.23. The van der Waals surface area contributed by atoms with Crippen LogP contribution in [-0.4, -0.2) is 6.54 Å². The molecule has 2 rings (SSSR count). The fourth-order valence-electron chi connectivity index (χ4n) is 2.25. The van der Waals surface area contributed by atoms with Crippen molar-refractivity contribution in [1.82, 2.24) is 5.32 Å². The number of rotatable bonds is 5. The minimum atomic E-state index is -0.223. The Kier molecular flexibility index (Phi) is 5.63. The summed E-state index contributed by atoms with van der Waals surface area (Å²) in [6.45, 7) is 4.62. The van der Waals surface area contributed by atoms with E-state index in [9.17, 15) is 4.39 Å². The van der Waals surface area contributed by atoms with Gasteiger partial charge in [-0.1, -0.05) is 48.3 Å². The van der Waals surface area contributed by atoms with Crippen molar-refractivity contribution in [2.24, 2.45) is 0 Å². The highest BCUT2D eigenvalue weighted by Crippen LogP contribution is 2.34. The molecule has 0 radical (unpaired) electrons. The van der Waals surface area contributed by atoms with Gasteiger partial charge in [-0.15, -0.1) is 0 Å². The van der Waals surface area contributed by atoms with Crippen LogP contribution in [0.25, 0.3) is 0 Å². The van der Waals surface area contributed by atoms with E-state index in [0.717, 1.165) is 24.1 Å². The highest BCUT2D eigenvalue weighted by atomic mass is 35.5. The van der Waals surface area contributed by atoms with Crippen LogP contribution in [0, 0.1) is 12.7 Å². The molecule has 0 heterocycles. The van der Waals surface area contributed by atoms with Crippen LogP contribution in [0.4, 0.5) is 4.39 Å². The zero-order valence-corrected chi connectivity index (χ0v) is 13.6. The van der Waals surface area contributed by atoms with Crippen LogP contribution in [0.2, 0.25) is 10.0 Å². The molecule has 1 atom stereocenters. The number of aryl methyl sites for hydroxylation is 1. The molecule has 0 amide bonds. The number of benzene rings is 2. The molecule has 1 unspecified atom stereocenters. The maximum Gasteiger partial charge on any atom is 0.126 e. The van der Waals surface area contributed by atoms with Crippen molar-refractivity contribution in [2.75, 3.05) is 6.54 Å². The molecular weight excluding hydrogens is 308 g/mol. The van der Waals surface area contributed by atoms with Crippen LogP contribution in [0.3, 0.4) is 0 Å². The van der Waals surface area contributed by atoms with Gasteiger partial charge in [0.2, 0.25) is 0 Å². The van der Waals surface area contributed by atoms with Crippen LogP contribution in [-0.2, 0) is 0 Å². The first-order valence-electron chi connectivity index (χ1n) is 6.98. The molecular formula is C17H18Cl2FN. The lowest BCUT2D eigenvalue weighted by Gasteiger charge is -2.22. The molecule has 1 nitrogen and oxygen atoms in total. The van der Waals surface area contributed by atoms with Gasteiger partial charge in [0.15, 0.2) is 0 Å². The summed E-state index contributed by atoms with van der Waals surface area (Å²) in [7, 11) is 0. The second-order valence-electron chi connectivity index (χ2n) is 5.03. The third kappa shape index (κ3) is 3.76. The molecule has 0 fully saturated rings. The molecule has 0 aliphatic rings. The zero-order valence-electron chi connectivity index (χ0n) is 12.1. The van der Waals surface area contributed by atoms with Gasteiger partial charge in [-0.25, -0.2) is 4.39 Å². The lowest BCUT2D eigenvalue weighted by Crippen LogP contribution is -2.24. The smallest absolute Gasteiger partial charge is 0.126 e. The van der Waals surface area contributed by atoms with Gasteiger partial charge < -0.3 is 5.32 Å². The van der Waals surface area contributed by atoms with Gasteiger partial charge >= 0.3 is 0 Å². The molecule has 1 N–H and O–H groups in total. The second-order valence-corrected chi connectivity index (χ2v) is 5.85. The number of hydrogen-bond donors (Lipinski definition) is 1. The Bertz CT molecular complexity index is 608. The van der Waals surface area contributed by atoms with Crippen molar-refractivity contribution in [1.29, 1.82) is 0 Å². The standard InChI is InChI=1S/C17H18Cl2FN/c1-3-9-21-17(12-8-7-11(2)15(20)10-12)16-13(18)5-4-6-14(16)19/h4-8,10,17,21H,3,9H2,1-2H3. The predicted molar refractivity (Wildman–Crippen MR) is 87.7 cm³/mol. The van der Waals surface area contributed by atoms with E-state index in [1.807, 2.05) is 6.07 Å². The fourth-order valence-corrected chi connectivity index (χ4v) is 2.87. The van der Waals surface area contributed by atoms with Crippen LogP contribution in [0.5, 0.6) is 0 Å². The van der Waals surface area contributed by atoms with Gasteiger partial charge in [0.05, 0.1) is 6.04 Å². The molecule has 0 aliphatic heterocycles. The third-order valence-electron chi connectivity index (χ3n) is 3.42. The molecule has 0 spiro atoms. The monoisotopic (exact) mass is 325 g/mol.